The van der Waals surface area contributed by atoms with Crippen LogP contribution in [0.2, 0.25) is 0 Å². The number of carbonyl (C=O) groups is 8. The Kier molecular flexibility index (Phi) is 22.3. The highest BCUT2D eigenvalue weighted by molar-refractivity contribution is 5.93. The standard InChI is InChI=1S/C32H49NO8.C25H39NO4/c1-21-14-12-10-8-6-7-9-11-13-15-23(30(40-22(2)34)25(35)16-17-28(37)39-5)18-26(36)29-24-19-32(3,4)41-27(24)20-33(29)31(21)38;1-18-12-10-8-6-4-5-7-9-11-13-19(17-27)14-21(28)23-20-15-25(2,3)30-22(20)16-26(23)24(18)29/h6-7,21,23-24,27,29-30H,8-20H2,1-5H3;4-5,17-20,22-23H,6-16H2,1-3H3/t21-,23+,24-,27?,29-,30?;18-,19+,20-,22?,23-/m00/s1. The van der Waals surface area contributed by atoms with Gasteiger partial charge in [0.2, 0.25) is 11.8 Å². The van der Waals surface area contributed by atoms with Gasteiger partial charge in [0.15, 0.2) is 23.5 Å². The Bertz CT molecular complexity index is 1910. The molecule has 4 saturated heterocycles. The average Bonchev–Trinajstić information content (AvgIpc) is 4.02. The normalized spacial score (nSPS) is 32.7. The summed E-state index contributed by atoms with van der Waals surface area (Å²) in [6.45, 7) is 14.2. The quantitative estimate of drug-likeness (QED) is 0.134. The minimum Gasteiger partial charge on any atom is -0.469 e. The molecule has 6 aliphatic heterocycles. The third-order valence-corrected chi connectivity index (χ3v) is 15.9. The van der Waals surface area contributed by atoms with Crippen molar-refractivity contribution in [1.29, 1.82) is 0 Å². The van der Waals surface area contributed by atoms with Crippen LogP contribution in [0.25, 0.3) is 0 Å². The number of aldehydes is 1. The van der Waals surface area contributed by atoms with Gasteiger partial charge in [-0.25, -0.2) is 0 Å². The summed E-state index contributed by atoms with van der Waals surface area (Å²) in [6, 6.07) is -1.08. The summed E-state index contributed by atoms with van der Waals surface area (Å²) in [7, 11) is 1.25. The van der Waals surface area contributed by atoms with E-state index in [1.165, 1.54) is 14.0 Å². The molecule has 2 amide bonds. The summed E-state index contributed by atoms with van der Waals surface area (Å²) in [4.78, 5) is 107. The second-order valence-corrected chi connectivity index (χ2v) is 22.9. The van der Waals surface area contributed by atoms with Crippen LogP contribution in [0.15, 0.2) is 24.3 Å². The van der Waals surface area contributed by atoms with Crippen LogP contribution in [0.5, 0.6) is 0 Å². The molecule has 4 fully saturated rings. The second-order valence-electron chi connectivity index (χ2n) is 22.9. The van der Waals surface area contributed by atoms with Crippen LogP contribution in [0.4, 0.5) is 0 Å². The van der Waals surface area contributed by atoms with Crippen LogP contribution in [0, 0.1) is 35.5 Å². The molecule has 0 N–H and O–H groups in total. The largest absolute Gasteiger partial charge is 0.469 e. The molecule has 0 radical (unpaired) electrons. The number of esters is 2. The van der Waals surface area contributed by atoms with Crippen LogP contribution in [0.3, 0.4) is 0 Å². The number of allylic oxidation sites excluding steroid dienone is 4. The predicted octanol–water partition coefficient (Wildman–Crippen LogP) is 9.22. The Morgan fingerprint density at radius 1 is 0.662 bits per heavy atom. The first-order valence-corrected chi connectivity index (χ1v) is 27.3. The molecule has 6 rings (SSSR count). The fourth-order valence-electron chi connectivity index (χ4n) is 12.3. The van der Waals surface area contributed by atoms with Crippen LogP contribution in [0.1, 0.15) is 190 Å². The topological polar surface area (TPSA) is 180 Å². The van der Waals surface area contributed by atoms with Gasteiger partial charge in [-0.15, -0.1) is 0 Å². The maximum Gasteiger partial charge on any atom is 0.305 e. The van der Waals surface area contributed by atoms with E-state index in [1.807, 2.05) is 27.7 Å². The lowest BCUT2D eigenvalue weighted by Crippen LogP contribution is -2.47. The minimum absolute atomic E-state index is 0.00419. The molecule has 0 spiro atoms. The summed E-state index contributed by atoms with van der Waals surface area (Å²) < 4.78 is 22.7. The molecule has 6 aliphatic rings. The van der Waals surface area contributed by atoms with Gasteiger partial charge in [0, 0.05) is 74.8 Å². The second kappa shape index (κ2) is 27.3. The molecule has 14 nitrogen and oxygen atoms in total. The van der Waals surface area contributed by atoms with Gasteiger partial charge in [-0.1, -0.05) is 63.8 Å². The SMILES string of the molecule is COC(=O)CCC(=O)C(OC(C)=O)[C@@H]1CCCCC=CCCCC[C@H](C)C(=O)N2CC3OC(C)(C)C[C@@H]3[C@H]2C(=O)C1.C[C@H]1CCCCC=CCCCC[C@@H](C=O)CC(=O)[C@@H]2[C@H]3CC(C)(C)OC3CN2C1=O. The highest BCUT2D eigenvalue weighted by atomic mass is 16.5. The molecule has 0 bridgehead atoms. The molecule has 3 unspecified atom stereocenters. The zero-order valence-electron chi connectivity index (χ0n) is 44.5. The number of fused-ring (bicyclic) bond motifs is 6. The maximum atomic E-state index is 14.2. The van der Waals surface area contributed by atoms with E-state index in [4.69, 9.17) is 14.2 Å². The summed E-state index contributed by atoms with van der Waals surface area (Å²) in [5, 5.41) is 0. The fraction of sp³-hybridized carbons (Fsp3) is 0.789. The van der Waals surface area contributed by atoms with Gasteiger partial charge in [0.1, 0.15) is 6.29 Å². The number of carbonyl (C=O) groups excluding carboxylic acids is 8. The molecule has 11 atom stereocenters. The zero-order chi connectivity index (χ0) is 51.9. The molecule has 71 heavy (non-hydrogen) atoms. The van der Waals surface area contributed by atoms with Crippen molar-refractivity contribution in [3.63, 3.8) is 0 Å². The van der Waals surface area contributed by atoms with Gasteiger partial charge in [0.25, 0.3) is 0 Å². The lowest BCUT2D eigenvalue weighted by Gasteiger charge is -2.32. The van der Waals surface area contributed by atoms with E-state index in [-0.39, 0.29) is 102 Å². The molecule has 0 aliphatic carbocycles. The summed E-state index contributed by atoms with van der Waals surface area (Å²) in [5.41, 5.74) is -0.651. The minimum atomic E-state index is -1.14. The number of rotatable bonds is 7. The Morgan fingerprint density at radius 3 is 1.54 bits per heavy atom. The smallest absolute Gasteiger partial charge is 0.305 e. The monoisotopic (exact) mass is 993 g/mol. The number of Topliss-reactive ketones (excluding diaryl/α,β-unsaturated/α-hetero) is 3. The molecule has 398 valence electrons. The third kappa shape index (κ3) is 16.7. The Balaban J connectivity index is 0.000000277. The van der Waals surface area contributed by atoms with Crippen molar-refractivity contribution in [1.82, 2.24) is 9.80 Å². The van der Waals surface area contributed by atoms with Crippen LogP contribution >= 0.6 is 0 Å². The third-order valence-electron chi connectivity index (χ3n) is 15.9. The Morgan fingerprint density at radius 2 is 1.10 bits per heavy atom. The van der Waals surface area contributed by atoms with Crippen LogP contribution < -0.4 is 0 Å². The zero-order valence-corrected chi connectivity index (χ0v) is 44.5. The molecule has 14 heteroatoms. The lowest BCUT2D eigenvalue weighted by molar-refractivity contribution is -0.158. The molecule has 0 aromatic carbocycles. The van der Waals surface area contributed by atoms with Crippen LogP contribution in [-0.2, 0) is 57.3 Å². The number of amides is 2. The van der Waals surface area contributed by atoms with Crippen molar-refractivity contribution in [3.8, 4) is 0 Å². The van der Waals surface area contributed by atoms with Gasteiger partial charge >= 0.3 is 11.9 Å². The molecule has 0 aromatic rings. The van der Waals surface area contributed by atoms with E-state index in [0.29, 0.717) is 25.9 Å². The number of methoxy groups -OCH3 is 1. The van der Waals surface area contributed by atoms with Gasteiger partial charge in [0.05, 0.1) is 49.0 Å². The van der Waals surface area contributed by atoms with Gasteiger partial charge in [-0.05, 0) is 118 Å². The highest BCUT2D eigenvalue weighted by Gasteiger charge is 2.57. The van der Waals surface area contributed by atoms with E-state index in [2.05, 4.69) is 42.9 Å². The highest BCUT2D eigenvalue weighted by Crippen LogP contribution is 2.46. The molecular weight excluding hydrogens is 905 g/mol. The van der Waals surface area contributed by atoms with E-state index in [0.717, 1.165) is 109 Å². The van der Waals surface area contributed by atoms with Crippen molar-refractivity contribution in [2.75, 3.05) is 20.2 Å². The number of hydrogen-bond acceptors (Lipinski definition) is 12. The first kappa shape index (κ1) is 57.9. The van der Waals surface area contributed by atoms with E-state index < -0.39 is 41.8 Å². The average molecular weight is 993 g/mol. The van der Waals surface area contributed by atoms with Crippen molar-refractivity contribution in [3.05, 3.63) is 24.3 Å². The van der Waals surface area contributed by atoms with E-state index in [1.54, 1.807) is 9.80 Å². The Hall–Kier alpha value is -4.04. The fourth-order valence-corrected chi connectivity index (χ4v) is 12.3. The summed E-state index contributed by atoms with van der Waals surface area (Å²) in [5.74, 6) is -2.74. The van der Waals surface area contributed by atoms with Crippen molar-refractivity contribution in [2.24, 2.45) is 35.5 Å². The molecule has 0 aromatic heterocycles. The summed E-state index contributed by atoms with van der Waals surface area (Å²) >= 11 is 0. The number of hydrogen-bond donors (Lipinski definition) is 0. The van der Waals surface area contributed by atoms with E-state index >= 15 is 0 Å². The number of ketones is 3. The predicted molar refractivity (Wildman–Crippen MR) is 270 cm³/mol. The maximum absolute atomic E-state index is 14.2. The molecule has 6 heterocycles. The molecule has 0 saturated carbocycles. The number of ether oxygens (including phenoxy) is 4. The Labute approximate surface area is 424 Å². The van der Waals surface area contributed by atoms with Crippen molar-refractivity contribution >= 4 is 47.4 Å². The van der Waals surface area contributed by atoms with Crippen molar-refractivity contribution < 1.29 is 57.3 Å². The van der Waals surface area contributed by atoms with E-state index in [9.17, 15) is 38.4 Å². The molecular formula is C57H88N2O12. The van der Waals surface area contributed by atoms with Crippen LogP contribution in [-0.4, -0.2) is 119 Å². The van der Waals surface area contributed by atoms with Crippen molar-refractivity contribution in [2.45, 2.75) is 231 Å². The lowest BCUT2D eigenvalue weighted by atomic mass is 9.82. The van der Waals surface area contributed by atoms with Gasteiger partial charge < -0.3 is 33.5 Å². The number of nitrogens with zero attached hydrogens (tertiary/aromatic N) is 2. The first-order chi connectivity index (χ1) is 33.8. The van der Waals surface area contributed by atoms with Gasteiger partial charge in [-0.3, -0.25) is 33.6 Å². The van der Waals surface area contributed by atoms with Gasteiger partial charge in [-0.2, -0.15) is 0 Å². The summed E-state index contributed by atoms with van der Waals surface area (Å²) in [6.07, 6.45) is 24.2. The first-order valence-electron chi connectivity index (χ1n) is 27.3.